The van der Waals surface area contributed by atoms with Gasteiger partial charge in [-0.25, -0.2) is 0 Å². The van der Waals surface area contributed by atoms with Crippen LogP contribution in [0.4, 0.5) is 0 Å². The maximum Gasteiger partial charge on any atom is 0.259 e. The van der Waals surface area contributed by atoms with E-state index in [1.807, 2.05) is 25.1 Å². The first kappa shape index (κ1) is 18.8. The van der Waals surface area contributed by atoms with Gasteiger partial charge in [0.1, 0.15) is 17.4 Å². The summed E-state index contributed by atoms with van der Waals surface area (Å²) in [5.74, 6) is -0.305. The summed E-state index contributed by atoms with van der Waals surface area (Å²) in [6, 6.07) is 14.7. The van der Waals surface area contributed by atoms with Crippen molar-refractivity contribution in [3.05, 3.63) is 104 Å². The summed E-state index contributed by atoms with van der Waals surface area (Å²) in [6.45, 7) is 2.19. The highest BCUT2D eigenvalue weighted by Crippen LogP contribution is 2.41. The van der Waals surface area contributed by atoms with Gasteiger partial charge in [0, 0.05) is 29.2 Å². The lowest BCUT2D eigenvalue weighted by molar-refractivity contribution is 0.389. The lowest BCUT2D eigenvalue weighted by Gasteiger charge is -2.27. The number of rotatable bonds is 3. The molecule has 144 valence electrons. The number of nitrogens with zero attached hydrogens (tertiary/aromatic N) is 3. The van der Waals surface area contributed by atoms with Crippen LogP contribution < -0.4 is 16.0 Å². The number of fused-ring (bicyclic) bond motifs is 1. The summed E-state index contributed by atoms with van der Waals surface area (Å²) in [5.41, 5.74) is 8.65. The average Bonchev–Trinajstić information content (AvgIpc) is 2.71. The van der Waals surface area contributed by atoms with Gasteiger partial charge in [-0.1, -0.05) is 29.8 Å². The number of pyridine rings is 2. The average molecular weight is 405 g/mol. The van der Waals surface area contributed by atoms with E-state index < -0.39 is 5.92 Å². The molecule has 1 aliphatic heterocycles. The first-order valence-electron chi connectivity index (χ1n) is 8.96. The van der Waals surface area contributed by atoms with Crippen LogP contribution in [0.25, 0.3) is 0 Å². The SMILES string of the molecule is Cc1cc2c(c(=O)n1Cc1cccnc1)[C@@H](c1cccc(Cl)c1)C(C#N)=C(N)O2. The number of aryl methyl sites for hydroxylation is 1. The summed E-state index contributed by atoms with van der Waals surface area (Å²) in [6.07, 6.45) is 3.40. The maximum absolute atomic E-state index is 13.5. The number of nitriles is 1. The molecule has 0 radical (unpaired) electrons. The second kappa shape index (κ2) is 7.46. The van der Waals surface area contributed by atoms with Gasteiger partial charge in [0.2, 0.25) is 5.88 Å². The van der Waals surface area contributed by atoms with E-state index in [1.54, 1.807) is 41.2 Å². The summed E-state index contributed by atoms with van der Waals surface area (Å²) < 4.78 is 7.31. The fraction of sp³-hybridized carbons (Fsp3) is 0.136. The Morgan fingerprint density at radius 2 is 2.14 bits per heavy atom. The number of nitrogens with two attached hydrogens (primary N) is 1. The molecule has 1 atom stereocenters. The Kier molecular flexibility index (Phi) is 4.83. The van der Waals surface area contributed by atoms with Crippen molar-refractivity contribution in [3.8, 4) is 11.8 Å². The molecule has 0 fully saturated rings. The van der Waals surface area contributed by atoms with Gasteiger partial charge in [-0.05, 0) is 36.2 Å². The van der Waals surface area contributed by atoms with E-state index in [-0.39, 0.29) is 17.0 Å². The topological polar surface area (TPSA) is 93.9 Å². The Bertz CT molecular complexity index is 1230. The monoisotopic (exact) mass is 404 g/mol. The minimum absolute atomic E-state index is 0.00575. The van der Waals surface area contributed by atoms with Gasteiger partial charge in [0.25, 0.3) is 5.56 Å². The zero-order valence-corrected chi connectivity index (χ0v) is 16.3. The minimum atomic E-state index is -0.657. The lowest BCUT2D eigenvalue weighted by Crippen LogP contribution is -2.33. The third-order valence-electron chi connectivity index (χ3n) is 4.94. The van der Waals surface area contributed by atoms with E-state index in [0.29, 0.717) is 28.4 Å². The molecule has 1 aliphatic rings. The molecule has 0 unspecified atom stereocenters. The van der Waals surface area contributed by atoms with Crippen LogP contribution in [0.5, 0.6) is 5.75 Å². The van der Waals surface area contributed by atoms with Gasteiger partial charge < -0.3 is 15.0 Å². The zero-order valence-electron chi connectivity index (χ0n) is 15.6. The van der Waals surface area contributed by atoms with Crippen LogP contribution in [0.15, 0.2) is 71.1 Å². The first-order valence-corrected chi connectivity index (χ1v) is 9.33. The van der Waals surface area contributed by atoms with Crippen molar-refractivity contribution >= 4 is 11.6 Å². The van der Waals surface area contributed by atoms with Gasteiger partial charge in [-0.2, -0.15) is 5.26 Å². The highest BCUT2D eigenvalue weighted by atomic mass is 35.5. The van der Waals surface area contributed by atoms with Crippen LogP contribution in [0.1, 0.15) is 28.3 Å². The Morgan fingerprint density at radius 3 is 2.83 bits per heavy atom. The fourth-order valence-corrected chi connectivity index (χ4v) is 3.78. The lowest BCUT2D eigenvalue weighted by atomic mass is 9.84. The number of hydrogen-bond donors (Lipinski definition) is 1. The number of ether oxygens (including phenoxy) is 1. The van der Waals surface area contributed by atoms with Gasteiger partial charge in [0.05, 0.1) is 18.0 Å². The van der Waals surface area contributed by atoms with Gasteiger partial charge in [-0.15, -0.1) is 0 Å². The van der Waals surface area contributed by atoms with Crippen LogP contribution in [0, 0.1) is 18.3 Å². The smallest absolute Gasteiger partial charge is 0.259 e. The maximum atomic E-state index is 13.5. The van der Waals surface area contributed by atoms with E-state index in [2.05, 4.69) is 11.1 Å². The van der Waals surface area contributed by atoms with Crippen LogP contribution in [0.3, 0.4) is 0 Å². The molecular formula is C22H17ClN4O2. The van der Waals surface area contributed by atoms with Crippen LogP contribution in [0.2, 0.25) is 5.02 Å². The highest BCUT2D eigenvalue weighted by molar-refractivity contribution is 6.30. The fourth-order valence-electron chi connectivity index (χ4n) is 3.58. The molecule has 3 heterocycles. The molecule has 3 aromatic rings. The van der Waals surface area contributed by atoms with Crippen LogP contribution >= 0.6 is 11.6 Å². The molecule has 29 heavy (non-hydrogen) atoms. The molecule has 2 aromatic heterocycles. The summed E-state index contributed by atoms with van der Waals surface area (Å²) in [5, 5.41) is 10.2. The van der Waals surface area contributed by atoms with Crippen molar-refractivity contribution in [2.45, 2.75) is 19.4 Å². The number of allylic oxidation sites excluding steroid dienone is 1. The second-order valence-electron chi connectivity index (χ2n) is 6.80. The Balaban J connectivity index is 1.94. The van der Waals surface area contributed by atoms with Crippen molar-refractivity contribution in [3.63, 3.8) is 0 Å². The van der Waals surface area contributed by atoms with Gasteiger partial charge >= 0.3 is 0 Å². The standard InChI is InChI=1S/C22H17ClN4O2/c1-13-8-18-20(22(28)27(13)12-14-4-3-7-26-11-14)19(17(10-24)21(25)29-18)15-5-2-6-16(23)9-15/h2-9,11,19H,12,25H2,1H3/t19-/m0/s1. The molecule has 0 saturated heterocycles. The van der Waals surface area contributed by atoms with E-state index in [1.165, 1.54) is 0 Å². The quantitative estimate of drug-likeness (QED) is 0.721. The Hall–Kier alpha value is -3.56. The molecule has 0 saturated carbocycles. The Labute approximate surface area is 172 Å². The van der Waals surface area contributed by atoms with E-state index >= 15 is 0 Å². The van der Waals surface area contributed by atoms with Crippen molar-refractivity contribution in [2.75, 3.05) is 0 Å². The van der Waals surface area contributed by atoms with Gasteiger partial charge in [-0.3, -0.25) is 9.78 Å². The third kappa shape index (κ3) is 3.37. The van der Waals surface area contributed by atoms with E-state index in [9.17, 15) is 10.1 Å². The van der Waals surface area contributed by atoms with Crippen molar-refractivity contribution < 1.29 is 4.74 Å². The van der Waals surface area contributed by atoms with Crippen molar-refractivity contribution in [1.29, 1.82) is 5.26 Å². The number of halogens is 1. The zero-order chi connectivity index (χ0) is 20.5. The van der Waals surface area contributed by atoms with Crippen LogP contribution in [-0.2, 0) is 6.54 Å². The molecule has 0 bridgehead atoms. The summed E-state index contributed by atoms with van der Waals surface area (Å²) in [4.78, 5) is 17.6. The number of aromatic nitrogens is 2. The third-order valence-corrected chi connectivity index (χ3v) is 5.17. The highest BCUT2D eigenvalue weighted by Gasteiger charge is 2.34. The summed E-state index contributed by atoms with van der Waals surface area (Å²) >= 11 is 6.17. The molecule has 4 rings (SSSR count). The molecule has 2 N–H and O–H groups in total. The first-order chi connectivity index (χ1) is 14.0. The molecule has 7 heteroatoms. The van der Waals surface area contributed by atoms with E-state index in [0.717, 1.165) is 11.3 Å². The predicted octanol–water partition coefficient (Wildman–Crippen LogP) is 3.47. The molecule has 6 nitrogen and oxygen atoms in total. The largest absolute Gasteiger partial charge is 0.440 e. The van der Waals surface area contributed by atoms with Crippen molar-refractivity contribution in [2.24, 2.45) is 5.73 Å². The number of hydrogen-bond acceptors (Lipinski definition) is 5. The Morgan fingerprint density at radius 1 is 1.31 bits per heavy atom. The number of benzene rings is 1. The molecule has 0 aliphatic carbocycles. The predicted molar refractivity (Wildman–Crippen MR) is 110 cm³/mol. The van der Waals surface area contributed by atoms with Crippen molar-refractivity contribution in [1.82, 2.24) is 9.55 Å². The molecule has 1 aromatic carbocycles. The molecular weight excluding hydrogens is 388 g/mol. The van der Waals surface area contributed by atoms with Gasteiger partial charge in [0.15, 0.2) is 0 Å². The molecule has 0 amide bonds. The normalized spacial score (nSPS) is 15.4. The molecule has 0 spiro atoms. The second-order valence-corrected chi connectivity index (χ2v) is 7.23. The van der Waals surface area contributed by atoms with E-state index in [4.69, 9.17) is 22.1 Å². The summed E-state index contributed by atoms with van der Waals surface area (Å²) in [7, 11) is 0. The minimum Gasteiger partial charge on any atom is -0.440 e. The van der Waals surface area contributed by atoms with Crippen LogP contribution in [-0.4, -0.2) is 9.55 Å².